The average molecular weight is 461 g/mol. The van der Waals surface area contributed by atoms with Crippen molar-refractivity contribution in [2.45, 2.75) is 14.4 Å². The monoisotopic (exact) mass is 460 g/mol. The van der Waals surface area contributed by atoms with Crippen LogP contribution in [0.4, 0.5) is 0 Å². The molecule has 1 amide bonds. The first kappa shape index (κ1) is 21.6. The average Bonchev–Trinajstić information content (AvgIpc) is 3.20. The molecule has 0 aliphatic carbocycles. The molecule has 0 bridgehead atoms. The molecule has 3 rings (SSSR count). The van der Waals surface area contributed by atoms with Gasteiger partial charge in [-0.15, -0.1) is 10.2 Å². The normalized spacial score (nSPS) is 11.3. The molecule has 0 aliphatic rings. The van der Waals surface area contributed by atoms with Crippen LogP contribution in [0.25, 0.3) is 6.08 Å². The van der Waals surface area contributed by atoms with E-state index in [4.69, 9.17) is 11.6 Å². The highest BCUT2D eigenvalue weighted by molar-refractivity contribution is 8.03. The molecule has 0 aliphatic heterocycles. The number of hydrogen-bond acceptors (Lipinski definition) is 7. The number of aromatic nitrogens is 2. The maximum Gasteiger partial charge on any atom is 0.250 e. The Bertz CT molecular complexity index is 992. The Morgan fingerprint density at radius 3 is 2.59 bits per heavy atom. The summed E-state index contributed by atoms with van der Waals surface area (Å²) in [5.74, 6) is 0.758. The van der Waals surface area contributed by atoms with Gasteiger partial charge in [-0.1, -0.05) is 101 Å². The molecule has 0 saturated carbocycles. The molecule has 5 nitrogen and oxygen atoms in total. The van der Waals surface area contributed by atoms with Gasteiger partial charge in [0.1, 0.15) is 0 Å². The number of hydrazone groups is 1. The summed E-state index contributed by atoms with van der Waals surface area (Å²) in [6, 6.07) is 17.6. The lowest BCUT2D eigenvalue weighted by atomic mass is 10.2. The fraction of sp³-hybridized carbons (Fsp3) is 0.100. The van der Waals surface area contributed by atoms with Crippen LogP contribution in [-0.4, -0.2) is 28.1 Å². The number of nitrogens with zero attached hydrogens (tertiary/aromatic N) is 3. The van der Waals surface area contributed by atoms with Crippen molar-refractivity contribution in [2.24, 2.45) is 5.10 Å². The summed E-state index contributed by atoms with van der Waals surface area (Å²) in [5.41, 5.74) is 4.62. The first-order valence-electron chi connectivity index (χ1n) is 8.57. The van der Waals surface area contributed by atoms with Crippen molar-refractivity contribution in [3.63, 3.8) is 0 Å². The van der Waals surface area contributed by atoms with Crippen LogP contribution in [0, 0.1) is 0 Å². The van der Waals surface area contributed by atoms with Gasteiger partial charge < -0.3 is 0 Å². The molecule has 9 heteroatoms. The fourth-order valence-electron chi connectivity index (χ4n) is 2.10. The lowest BCUT2D eigenvalue weighted by Gasteiger charge is -2.00. The zero-order valence-electron chi connectivity index (χ0n) is 15.2. The van der Waals surface area contributed by atoms with Crippen LogP contribution < -0.4 is 5.43 Å². The largest absolute Gasteiger partial charge is 0.272 e. The number of thioether (sulfide) groups is 2. The minimum absolute atomic E-state index is 0.195. The number of amides is 1. The number of carbonyl (C=O) groups excluding carboxylic acids is 1. The molecule has 0 unspecified atom stereocenters. The molecule has 1 N–H and O–H groups in total. The van der Waals surface area contributed by atoms with Gasteiger partial charge in [-0.2, -0.15) is 5.10 Å². The smallest absolute Gasteiger partial charge is 0.250 e. The molecule has 0 atom stereocenters. The number of hydrogen-bond donors (Lipinski definition) is 1. The number of nitrogens with one attached hydrogen (secondary N) is 1. The topological polar surface area (TPSA) is 67.2 Å². The van der Waals surface area contributed by atoms with Crippen molar-refractivity contribution in [3.05, 3.63) is 76.8 Å². The van der Waals surface area contributed by atoms with Gasteiger partial charge in [-0.25, -0.2) is 5.43 Å². The molecule has 0 radical (unpaired) electrons. The third-order valence-corrected chi connectivity index (χ3v) is 7.07. The first-order valence-corrected chi connectivity index (χ1v) is 11.7. The van der Waals surface area contributed by atoms with Gasteiger partial charge in [0.2, 0.25) is 0 Å². The lowest BCUT2D eigenvalue weighted by Crippen LogP contribution is -2.19. The quantitative estimate of drug-likeness (QED) is 0.263. The zero-order chi connectivity index (χ0) is 20.3. The zero-order valence-corrected chi connectivity index (χ0v) is 18.4. The molecule has 0 fully saturated rings. The van der Waals surface area contributed by atoms with E-state index in [1.165, 1.54) is 23.1 Å². The van der Waals surface area contributed by atoms with Gasteiger partial charge in [0.25, 0.3) is 5.91 Å². The van der Waals surface area contributed by atoms with Gasteiger partial charge in [-0.3, -0.25) is 4.79 Å². The Balaban J connectivity index is 1.37. The van der Waals surface area contributed by atoms with Crippen LogP contribution in [0.1, 0.15) is 11.1 Å². The Labute approximate surface area is 186 Å². The third-order valence-electron chi connectivity index (χ3n) is 3.46. The van der Waals surface area contributed by atoms with Crippen LogP contribution >= 0.6 is 46.5 Å². The molecule has 2 aromatic carbocycles. The van der Waals surface area contributed by atoms with Gasteiger partial charge in [0.15, 0.2) is 8.68 Å². The van der Waals surface area contributed by atoms with Crippen LogP contribution in [0.2, 0.25) is 5.02 Å². The maximum absolute atomic E-state index is 11.9. The fourth-order valence-corrected chi connectivity index (χ4v) is 5.20. The predicted octanol–water partition coefficient (Wildman–Crippen LogP) is 5.39. The molecule has 29 heavy (non-hydrogen) atoms. The maximum atomic E-state index is 11.9. The van der Waals surface area contributed by atoms with Gasteiger partial charge >= 0.3 is 0 Å². The van der Waals surface area contributed by atoms with Crippen molar-refractivity contribution < 1.29 is 4.79 Å². The van der Waals surface area contributed by atoms with E-state index in [2.05, 4.69) is 20.7 Å². The highest BCUT2D eigenvalue weighted by Crippen LogP contribution is 2.32. The summed E-state index contributed by atoms with van der Waals surface area (Å²) < 4.78 is 1.59. The molecule has 1 heterocycles. The van der Waals surface area contributed by atoms with Crippen molar-refractivity contribution in [3.8, 4) is 0 Å². The van der Waals surface area contributed by atoms with E-state index in [9.17, 15) is 4.79 Å². The summed E-state index contributed by atoms with van der Waals surface area (Å²) in [6.45, 7) is 0. The van der Waals surface area contributed by atoms with E-state index in [1.807, 2.05) is 60.7 Å². The molecule has 3 aromatic rings. The van der Waals surface area contributed by atoms with E-state index in [0.29, 0.717) is 0 Å². The van der Waals surface area contributed by atoms with E-state index in [0.717, 1.165) is 30.6 Å². The number of benzene rings is 2. The minimum Gasteiger partial charge on any atom is -0.272 e. The van der Waals surface area contributed by atoms with E-state index >= 15 is 0 Å². The Hall–Kier alpha value is -2.13. The van der Waals surface area contributed by atoms with Crippen LogP contribution in [0.3, 0.4) is 0 Å². The summed E-state index contributed by atoms with van der Waals surface area (Å²) in [5, 5.41) is 12.9. The molecule has 0 saturated heterocycles. The SMILES string of the molecule is O=C(CSc1nnc(SCc2ccccc2Cl)s1)N/N=C\C=C\c1ccccc1. The molecule has 1 aromatic heterocycles. The Morgan fingerprint density at radius 1 is 1.07 bits per heavy atom. The molecule has 148 valence electrons. The molecule has 0 spiro atoms. The van der Waals surface area contributed by atoms with Crippen molar-refractivity contribution in [1.29, 1.82) is 0 Å². The van der Waals surface area contributed by atoms with Gasteiger partial charge in [-0.05, 0) is 23.3 Å². The van der Waals surface area contributed by atoms with Crippen molar-refractivity contribution >= 4 is 64.7 Å². The second kappa shape index (κ2) is 11.8. The lowest BCUT2D eigenvalue weighted by molar-refractivity contribution is -0.118. The first-order chi connectivity index (χ1) is 14.2. The standard InChI is InChI=1S/C20H17ClN4OS3/c21-17-11-5-4-10-16(17)13-27-19-24-25-20(29-19)28-14-18(26)23-22-12-6-9-15-7-2-1-3-8-15/h1-12H,13-14H2,(H,23,26)/b9-6+,22-12-. The highest BCUT2D eigenvalue weighted by atomic mass is 35.5. The van der Waals surface area contributed by atoms with Gasteiger partial charge in [0.05, 0.1) is 5.75 Å². The second-order valence-electron chi connectivity index (χ2n) is 5.59. The van der Waals surface area contributed by atoms with E-state index in [1.54, 1.807) is 24.1 Å². The number of allylic oxidation sites excluding steroid dienone is 1. The van der Waals surface area contributed by atoms with Crippen molar-refractivity contribution in [2.75, 3.05) is 5.75 Å². The number of halogens is 1. The summed E-state index contributed by atoms with van der Waals surface area (Å²) in [4.78, 5) is 11.9. The molecular weight excluding hydrogens is 444 g/mol. The summed E-state index contributed by atoms with van der Waals surface area (Å²) in [7, 11) is 0. The Kier molecular flexibility index (Phi) is 8.76. The number of rotatable bonds is 9. The third kappa shape index (κ3) is 7.66. The van der Waals surface area contributed by atoms with Crippen LogP contribution in [0.5, 0.6) is 0 Å². The summed E-state index contributed by atoms with van der Waals surface area (Å²) in [6.07, 6.45) is 5.23. The van der Waals surface area contributed by atoms with Crippen molar-refractivity contribution in [1.82, 2.24) is 15.6 Å². The molecular formula is C20H17ClN4OS3. The Morgan fingerprint density at radius 2 is 1.79 bits per heavy atom. The van der Waals surface area contributed by atoms with E-state index in [-0.39, 0.29) is 11.7 Å². The van der Waals surface area contributed by atoms with E-state index < -0.39 is 0 Å². The van der Waals surface area contributed by atoms with Crippen LogP contribution in [-0.2, 0) is 10.5 Å². The predicted molar refractivity (Wildman–Crippen MR) is 124 cm³/mol. The number of carbonyl (C=O) groups is 1. The minimum atomic E-state index is -0.195. The second-order valence-corrected chi connectivity index (χ2v) is 9.42. The summed E-state index contributed by atoms with van der Waals surface area (Å²) >= 11 is 10.5. The highest BCUT2D eigenvalue weighted by Gasteiger charge is 2.09. The van der Waals surface area contributed by atoms with Gasteiger partial charge in [0, 0.05) is 17.0 Å². The van der Waals surface area contributed by atoms with Crippen LogP contribution in [0.15, 0.2) is 74.5 Å².